The lowest BCUT2D eigenvalue weighted by molar-refractivity contribution is 0.336. The number of hydrogen-bond acceptors (Lipinski definition) is 5. The van der Waals surface area contributed by atoms with Gasteiger partial charge in [0.25, 0.3) is 10.0 Å². The second kappa shape index (κ2) is 6.53. The summed E-state index contributed by atoms with van der Waals surface area (Å²) in [6.07, 6.45) is 1.48. The molecular weight excluding hydrogens is 342 g/mol. The minimum atomic E-state index is -3.74. The number of aryl methyl sites for hydroxylation is 2. The van der Waals surface area contributed by atoms with Crippen LogP contribution in [0.1, 0.15) is 31.5 Å². The smallest absolute Gasteiger partial charge is 0.260 e. The molecule has 0 unspecified atom stereocenters. The zero-order chi connectivity index (χ0) is 18.2. The molecule has 0 aliphatic rings. The largest absolute Gasteiger partial charge is 0.490 e. The van der Waals surface area contributed by atoms with E-state index in [4.69, 9.17) is 9.15 Å². The Morgan fingerprint density at radius 2 is 2.16 bits per heavy atom. The fraction of sp³-hybridized carbons (Fsp3) is 0.353. The molecule has 1 aromatic carbocycles. The van der Waals surface area contributed by atoms with E-state index < -0.39 is 16.1 Å². The molecule has 3 aromatic rings. The van der Waals surface area contributed by atoms with Crippen molar-refractivity contribution >= 4 is 21.0 Å². The van der Waals surface area contributed by atoms with Gasteiger partial charge >= 0.3 is 0 Å². The maximum atomic E-state index is 12.5. The normalized spacial score (nSPS) is 13.3. The van der Waals surface area contributed by atoms with Crippen molar-refractivity contribution in [3.63, 3.8) is 0 Å². The van der Waals surface area contributed by atoms with Crippen LogP contribution in [-0.4, -0.2) is 24.6 Å². The first-order valence-corrected chi connectivity index (χ1v) is 9.47. The Labute approximate surface area is 146 Å². The Kier molecular flexibility index (Phi) is 4.57. The number of aromatic nitrogens is 2. The van der Waals surface area contributed by atoms with Gasteiger partial charge in [-0.25, -0.2) is 13.4 Å². The third-order valence-corrected chi connectivity index (χ3v) is 5.36. The van der Waals surface area contributed by atoms with Gasteiger partial charge in [-0.15, -0.1) is 0 Å². The summed E-state index contributed by atoms with van der Waals surface area (Å²) in [6, 6.07) is 6.86. The first-order chi connectivity index (χ1) is 11.8. The Morgan fingerprint density at radius 1 is 1.40 bits per heavy atom. The van der Waals surface area contributed by atoms with Crippen LogP contribution in [0.5, 0.6) is 5.75 Å². The van der Waals surface area contributed by atoms with E-state index in [0.717, 1.165) is 5.39 Å². The van der Waals surface area contributed by atoms with Crippen molar-refractivity contribution in [3.8, 4) is 5.75 Å². The molecule has 0 fully saturated rings. The molecule has 0 aliphatic carbocycles. The zero-order valence-corrected chi connectivity index (χ0v) is 15.4. The number of benzene rings is 1. The van der Waals surface area contributed by atoms with E-state index in [0.29, 0.717) is 29.5 Å². The number of sulfonamides is 1. The average molecular weight is 363 g/mol. The Morgan fingerprint density at radius 3 is 2.80 bits per heavy atom. The predicted octanol–water partition coefficient (Wildman–Crippen LogP) is 2.91. The lowest BCUT2D eigenvalue weighted by atomic mass is 10.2. The summed E-state index contributed by atoms with van der Waals surface area (Å²) in [6.45, 7) is 5.90. The van der Waals surface area contributed by atoms with Crippen LogP contribution in [-0.2, 0) is 17.1 Å². The van der Waals surface area contributed by atoms with E-state index in [-0.39, 0.29) is 5.03 Å². The molecule has 1 N–H and O–H groups in total. The van der Waals surface area contributed by atoms with Crippen LogP contribution < -0.4 is 9.46 Å². The van der Waals surface area contributed by atoms with Crippen molar-refractivity contribution in [2.75, 3.05) is 6.61 Å². The molecule has 0 saturated heterocycles. The van der Waals surface area contributed by atoms with Gasteiger partial charge in [-0.05, 0) is 32.9 Å². The van der Waals surface area contributed by atoms with E-state index in [1.54, 1.807) is 25.5 Å². The second-order valence-electron chi connectivity index (χ2n) is 5.84. The summed E-state index contributed by atoms with van der Waals surface area (Å²) in [4.78, 5) is 4.07. The number of ether oxygens (including phenoxy) is 1. The molecule has 2 aromatic heterocycles. The number of furan rings is 1. The van der Waals surface area contributed by atoms with E-state index in [1.165, 1.54) is 6.20 Å². The molecule has 25 heavy (non-hydrogen) atoms. The Hall–Kier alpha value is -2.32. The van der Waals surface area contributed by atoms with Gasteiger partial charge in [0, 0.05) is 18.6 Å². The molecule has 134 valence electrons. The third-order valence-electron chi connectivity index (χ3n) is 3.95. The third kappa shape index (κ3) is 3.40. The van der Waals surface area contributed by atoms with Crippen LogP contribution in [0, 0.1) is 6.92 Å². The highest BCUT2D eigenvalue weighted by molar-refractivity contribution is 7.89. The molecule has 0 spiro atoms. The molecule has 2 heterocycles. The van der Waals surface area contributed by atoms with Crippen molar-refractivity contribution in [2.24, 2.45) is 7.05 Å². The van der Waals surface area contributed by atoms with Gasteiger partial charge in [-0.2, -0.15) is 4.72 Å². The van der Waals surface area contributed by atoms with E-state index in [1.807, 2.05) is 31.2 Å². The standard InChI is InChI=1S/C17H21N3O4S/c1-5-23-14-8-6-7-13-9-15(24-17(13)14)11(2)19-25(21,22)16-10-20(4)12(3)18-16/h6-11,19H,5H2,1-4H3/t11-/m0/s1. The number of hydrogen-bond donors (Lipinski definition) is 1. The molecule has 7 nitrogen and oxygen atoms in total. The number of nitrogens with zero attached hydrogens (tertiary/aromatic N) is 2. The first-order valence-electron chi connectivity index (χ1n) is 7.99. The van der Waals surface area contributed by atoms with Crippen molar-refractivity contribution in [1.29, 1.82) is 0 Å². The fourth-order valence-corrected chi connectivity index (χ4v) is 3.80. The van der Waals surface area contributed by atoms with Crippen LogP contribution in [0.3, 0.4) is 0 Å². The van der Waals surface area contributed by atoms with Gasteiger partial charge in [0.2, 0.25) is 0 Å². The monoisotopic (exact) mass is 363 g/mol. The molecule has 0 aliphatic heterocycles. The summed E-state index contributed by atoms with van der Waals surface area (Å²) in [7, 11) is -1.99. The highest BCUT2D eigenvalue weighted by atomic mass is 32.2. The molecule has 8 heteroatoms. The van der Waals surface area contributed by atoms with Crippen LogP contribution in [0.25, 0.3) is 11.0 Å². The molecular formula is C17H21N3O4S. The van der Waals surface area contributed by atoms with Crippen molar-refractivity contribution < 1.29 is 17.6 Å². The number of imidazole rings is 1. The molecule has 1 atom stereocenters. The van der Waals surface area contributed by atoms with E-state index in [9.17, 15) is 8.42 Å². The van der Waals surface area contributed by atoms with Crippen LogP contribution in [0.15, 0.2) is 39.9 Å². The molecule has 3 rings (SSSR count). The van der Waals surface area contributed by atoms with E-state index >= 15 is 0 Å². The quantitative estimate of drug-likeness (QED) is 0.728. The molecule has 0 radical (unpaired) electrons. The number of para-hydroxylation sites is 1. The fourth-order valence-electron chi connectivity index (χ4n) is 2.55. The lowest BCUT2D eigenvalue weighted by Crippen LogP contribution is -2.27. The first kappa shape index (κ1) is 17.5. The van der Waals surface area contributed by atoms with Crippen LogP contribution in [0.2, 0.25) is 0 Å². The average Bonchev–Trinajstić information content (AvgIpc) is 3.12. The van der Waals surface area contributed by atoms with Gasteiger partial charge in [-0.3, -0.25) is 0 Å². The summed E-state index contributed by atoms with van der Waals surface area (Å²) in [5.74, 6) is 1.78. The Balaban J connectivity index is 1.89. The van der Waals surface area contributed by atoms with Crippen molar-refractivity contribution in [3.05, 3.63) is 42.0 Å². The number of nitrogens with one attached hydrogen (secondary N) is 1. The minimum absolute atomic E-state index is 0.00883. The number of rotatable bonds is 6. The second-order valence-corrected chi connectivity index (χ2v) is 7.50. The van der Waals surface area contributed by atoms with Crippen molar-refractivity contribution in [1.82, 2.24) is 14.3 Å². The topological polar surface area (TPSA) is 86.4 Å². The van der Waals surface area contributed by atoms with Crippen molar-refractivity contribution in [2.45, 2.75) is 31.8 Å². The van der Waals surface area contributed by atoms with Crippen LogP contribution >= 0.6 is 0 Å². The van der Waals surface area contributed by atoms with Gasteiger partial charge in [0.1, 0.15) is 11.6 Å². The summed E-state index contributed by atoms with van der Waals surface area (Å²) in [5.41, 5.74) is 0.610. The lowest BCUT2D eigenvalue weighted by Gasteiger charge is -2.10. The maximum Gasteiger partial charge on any atom is 0.260 e. The molecule has 0 bridgehead atoms. The Bertz CT molecular complexity index is 985. The minimum Gasteiger partial charge on any atom is -0.490 e. The highest BCUT2D eigenvalue weighted by Gasteiger charge is 2.24. The van der Waals surface area contributed by atoms with E-state index in [2.05, 4.69) is 9.71 Å². The molecule has 0 saturated carbocycles. The zero-order valence-electron chi connectivity index (χ0n) is 14.6. The van der Waals surface area contributed by atoms with Crippen LogP contribution in [0.4, 0.5) is 0 Å². The predicted molar refractivity (Wildman–Crippen MR) is 94.1 cm³/mol. The van der Waals surface area contributed by atoms with Gasteiger partial charge in [-0.1, -0.05) is 12.1 Å². The van der Waals surface area contributed by atoms with Gasteiger partial charge in [0.05, 0.1) is 12.6 Å². The molecule has 0 amide bonds. The summed E-state index contributed by atoms with van der Waals surface area (Å²) < 4.78 is 40.7. The summed E-state index contributed by atoms with van der Waals surface area (Å²) in [5, 5.41) is 0.853. The SMILES string of the molecule is CCOc1cccc2cc([C@H](C)NS(=O)(=O)c3cn(C)c(C)n3)oc12. The van der Waals surface area contributed by atoms with Gasteiger partial charge in [0.15, 0.2) is 16.4 Å². The maximum absolute atomic E-state index is 12.5. The number of fused-ring (bicyclic) bond motifs is 1. The highest BCUT2D eigenvalue weighted by Crippen LogP contribution is 2.31. The summed E-state index contributed by atoms with van der Waals surface area (Å²) >= 11 is 0. The van der Waals surface area contributed by atoms with Gasteiger partial charge < -0.3 is 13.7 Å².